The Morgan fingerprint density at radius 3 is 2.32 bits per heavy atom. The Bertz CT molecular complexity index is 869. The Morgan fingerprint density at radius 2 is 1.75 bits per heavy atom. The third kappa shape index (κ3) is 4.37. The van der Waals surface area contributed by atoms with Gasteiger partial charge >= 0.3 is 0 Å². The van der Waals surface area contributed by atoms with Crippen molar-refractivity contribution in [1.82, 2.24) is 4.31 Å². The summed E-state index contributed by atoms with van der Waals surface area (Å²) in [5.74, 6) is -0.131. The molecule has 1 aliphatic rings. The third-order valence-corrected chi connectivity index (χ3v) is 6.85. The van der Waals surface area contributed by atoms with Crippen molar-refractivity contribution in [3.05, 3.63) is 76.3 Å². The molecule has 28 heavy (non-hydrogen) atoms. The minimum Gasteiger partial charge on any atom is -0.303 e. The van der Waals surface area contributed by atoms with E-state index in [0.717, 1.165) is 16.9 Å². The van der Waals surface area contributed by atoms with Crippen LogP contribution in [0.3, 0.4) is 0 Å². The maximum Gasteiger partial charge on any atom is 0.126 e. The Hall–Kier alpha value is -1.55. The summed E-state index contributed by atoms with van der Waals surface area (Å²) in [5.41, 5.74) is 3.62. The predicted octanol–water partition coefficient (Wildman–Crippen LogP) is 6.89. The van der Waals surface area contributed by atoms with Crippen LogP contribution in [0.4, 0.5) is 0 Å². The number of halogens is 1. The molecule has 0 fully saturated rings. The van der Waals surface area contributed by atoms with Gasteiger partial charge in [-0.2, -0.15) is 0 Å². The van der Waals surface area contributed by atoms with Crippen LogP contribution < -0.4 is 0 Å². The molecular formula is C24H28ClNOS. The summed E-state index contributed by atoms with van der Waals surface area (Å²) < 4.78 is 2.46. The van der Waals surface area contributed by atoms with E-state index in [1.165, 1.54) is 16.0 Å². The lowest BCUT2D eigenvalue weighted by atomic mass is 9.86. The molecule has 148 valence electrons. The van der Waals surface area contributed by atoms with Crippen molar-refractivity contribution in [3.63, 3.8) is 0 Å². The molecule has 2 nitrogen and oxygen atoms in total. The number of hydrogen-bond acceptors (Lipinski definition) is 3. The van der Waals surface area contributed by atoms with Crippen LogP contribution in [-0.2, 0) is 4.79 Å². The number of nitrogens with zero attached hydrogens (tertiary/aromatic N) is 1. The molecule has 1 aliphatic heterocycles. The number of aryl methyl sites for hydroxylation is 1. The average Bonchev–Trinajstić information content (AvgIpc) is 3.03. The second-order valence-electron chi connectivity index (χ2n) is 8.57. The van der Waals surface area contributed by atoms with Crippen LogP contribution in [0, 0.1) is 18.3 Å². The van der Waals surface area contributed by atoms with Gasteiger partial charge in [0.1, 0.15) is 6.29 Å². The van der Waals surface area contributed by atoms with E-state index in [2.05, 4.69) is 74.5 Å². The van der Waals surface area contributed by atoms with E-state index in [1.54, 1.807) is 11.9 Å². The van der Waals surface area contributed by atoms with E-state index < -0.39 is 0 Å². The van der Waals surface area contributed by atoms with Crippen LogP contribution in [0.25, 0.3) is 0 Å². The van der Waals surface area contributed by atoms with Crippen molar-refractivity contribution in [2.75, 3.05) is 0 Å². The van der Waals surface area contributed by atoms with Crippen molar-refractivity contribution in [2.45, 2.75) is 51.6 Å². The number of benzene rings is 2. The number of aldehydes is 1. The van der Waals surface area contributed by atoms with Gasteiger partial charge in [0.05, 0.1) is 6.04 Å². The minimum absolute atomic E-state index is 0.0325. The van der Waals surface area contributed by atoms with Crippen LogP contribution >= 0.6 is 23.5 Å². The Morgan fingerprint density at radius 1 is 1.11 bits per heavy atom. The Labute approximate surface area is 178 Å². The SMILES string of the molecule is Cc1ccccc1SN1C(c2ccc(Cl)cc2)C([C@H](C)C=O)=CC1C(C)(C)C. The maximum absolute atomic E-state index is 11.7. The van der Waals surface area contributed by atoms with E-state index in [9.17, 15) is 4.79 Å². The first-order chi connectivity index (χ1) is 13.2. The van der Waals surface area contributed by atoms with Gasteiger partial charge in [0.25, 0.3) is 0 Å². The van der Waals surface area contributed by atoms with Crippen LogP contribution in [0.5, 0.6) is 0 Å². The van der Waals surface area contributed by atoms with Gasteiger partial charge in [0.15, 0.2) is 0 Å². The molecule has 0 amide bonds. The van der Waals surface area contributed by atoms with Crippen molar-refractivity contribution < 1.29 is 4.79 Å². The number of hydrogen-bond donors (Lipinski definition) is 0. The molecule has 2 unspecified atom stereocenters. The first-order valence-electron chi connectivity index (χ1n) is 9.66. The lowest BCUT2D eigenvalue weighted by molar-refractivity contribution is -0.109. The van der Waals surface area contributed by atoms with E-state index in [4.69, 9.17) is 11.6 Å². The number of carbonyl (C=O) groups excluding carboxylic acids is 1. The van der Waals surface area contributed by atoms with Gasteiger partial charge in [-0.05, 0) is 59.2 Å². The van der Waals surface area contributed by atoms with Crippen molar-refractivity contribution in [2.24, 2.45) is 11.3 Å². The molecule has 2 aromatic rings. The van der Waals surface area contributed by atoms with Gasteiger partial charge in [0, 0.05) is 21.9 Å². The quantitative estimate of drug-likeness (QED) is 0.302. The lowest BCUT2D eigenvalue weighted by Gasteiger charge is -2.38. The summed E-state index contributed by atoms with van der Waals surface area (Å²) in [6.45, 7) is 10.9. The van der Waals surface area contributed by atoms with E-state index in [0.29, 0.717) is 0 Å². The lowest BCUT2D eigenvalue weighted by Crippen LogP contribution is -2.37. The zero-order valence-corrected chi connectivity index (χ0v) is 18.7. The molecular weight excluding hydrogens is 386 g/mol. The molecule has 0 bridgehead atoms. The van der Waals surface area contributed by atoms with Gasteiger partial charge in [0.2, 0.25) is 0 Å². The second-order valence-corrected chi connectivity index (χ2v) is 10.1. The van der Waals surface area contributed by atoms with Crippen molar-refractivity contribution in [3.8, 4) is 0 Å². The molecule has 0 aromatic heterocycles. The molecule has 0 aliphatic carbocycles. The molecule has 1 heterocycles. The minimum atomic E-state index is -0.131. The van der Waals surface area contributed by atoms with E-state index in [-0.39, 0.29) is 23.4 Å². The monoisotopic (exact) mass is 413 g/mol. The largest absolute Gasteiger partial charge is 0.303 e. The van der Waals surface area contributed by atoms with Gasteiger partial charge in [-0.25, -0.2) is 4.31 Å². The molecule has 3 atom stereocenters. The third-order valence-electron chi connectivity index (χ3n) is 5.30. The van der Waals surface area contributed by atoms with Gasteiger partial charge in [-0.1, -0.05) is 75.7 Å². The molecule has 0 saturated heterocycles. The topological polar surface area (TPSA) is 20.3 Å². The summed E-state index contributed by atoms with van der Waals surface area (Å²) in [5, 5.41) is 0.723. The summed E-state index contributed by atoms with van der Waals surface area (Å²) >= 11 is 7.93. The molecule has 0 saturated carbocycles. The fraction of sp³-hybridized carbons (Fsp3) is 0.375. The molecule has 0 spiro atoms. The summed E-state index contributed by atoms with van der Waals surface area (Å²) in [7, 11) is 0. The summed E-state index contributed by atoms with van der Waals surface area (Å²) in [4.78, 5) is 13.0. The fourth-order valence-corrected chi connectivity index (χ4v) is 5.18. The Balaban J connectivity index is 2.10. The first kappa shape index (κ1) is 21.2. The highest BCUT2D eigenvalue weighted by Crippen LogP contribution is 2.50. The standard InChI is InChI=1S/C24H28ClNOS/c1-16-8-6-7-9-21(16)28-26-22(24(3,4)5)14-20(17(2)15-27)23(26)18-10-12-19(25)13-11-18/h6-15,17,22-23H,1-5H3/t17-,22?,23?/m1/s1. The molecule has 3 rings (SSSR count). The van der Waals surface area contributed by atoms with Crippen molar-refractivity contribution >= 4 is 29.8 Å². The van der Waals surface area contributed by atoms with Crippen LogP contribution in [0.2, 0.25) is 5.02 Å². The summed E-state index contributed by atoms with van der Waals surface area (Å²) in [6, 6.07) is 16.7. The maximum atomic E-state index is 11.7. The highest BCUT2D eigenvalue weighted by molar-refractivity contribution is 7.97. The zero-order chi connectivity index (χ0) is 20.5. The smallest absolute Gasteiger partial charge is 0.126 e. The highest BCUT2D eigenvalue weighted by atomic mass is 35.5. The fourth-order valence-electron chi connectivity index (χ4n) is 3.63. The highest BCUT2D eigenvalue weighted by Gasteiger charge is 2.43. The normalized spacial score (nSPS) is 21.4. The average molecular weight is 414 g/mol. The zero-order valence-electron chi connectivity index (χ0n) is 17.1. The number of rotatable bonds is 5. The van der Waals surface area contributed by atoms with E-state index >= 15 is 0 Å². The Kier molecular flexibility index (Phi) is 6.38. The van der Waals surface area contributed by atoms with Gasteiger partial charge in [-0.3, -0.25) is 0 Å². The molecule has 4 heteroatoms. The van der Waals surface area contributed by atoms with E-state index in [1.807, 2.05) is 19.1 Å². The predicted molar refractivity (Wildman–Crippen MR) is 120 cm³/mol. The number of carbonyl (C=O) groups is 1. The van der Waals surface area contributed by atoms with Crippen LogP contribution in [0.1, 0.15) is 44.9 Å². The van der Waals surface area contributed by atoms with Crippen LogP contribution in [0.15, 0.2) is 65.1 Å². The molecule has 0 N–H and O–H groups in total. The van der Waals surface area contributed by atoms with Gasteiger partial charge in [-0.15, -0.1) is 0 Å². The second kappa shape index (κ2) is 8.44. The van der Waals surface area contributed by atoms with Crippen molar-refractivity contribution in [1.29, 1.82) is 0 Å². The van der Waals surface area contributed by atoms with Crippen LogP contribution in [-0.4, -0.2) is 16.6 Å². The molecule has 2 aromatic carbocycles. The summed E-state index contributed by atoms with van der Waals surface area (Å²) in [6.07, 6.45) is 3.36. The van der Waals surface area contributed by atoms with Gasteiger partial charge < -0.3 is 4.79 Å². The first-order valence-corrected chi connectivity index (χ1v) is 10.8. The molecule has 0 radical (unpaired) electrons.